The quantitative estimate of drug-likeness (QED) is 0.715. The number of thiazole rings is 1. The molecule has 1 unspecified atom stereocenters. The largest absolute Gasteiger partial charge is 0.378 e. The second kappa shape index (κ2) is 9.72. The minimum atomic E-state index is -0.417. The smallest absolute Gasteiger partial charge is 0.289 e. The molecule has 1 aromatic heterocycles. The minimum absolute atomic E-state index is 0.243. The van der Waals surface area contributed by atoms with Crippen molar-refractivity contribution >= 4 is 40.0 Å². The Morgan fingerprint density at radius 3 is 2.74 bits per heavy atom. The van der Waals surface area contributed by atoms with Gasteiger partial charge in [0, 0.05) is 24.2 Å². The van der Waals surface area contributed by atoms with Crippen molar-refractivity contribution in [2.45, 2.75) is 17.9 Å². The number of benzene rings is 1. The monoisotopic (exact) mass is 406 g/mol. The summed E-state index contributed by atoms with van der Waals surface area (Å²) >= 11 is 2.92. The van der Waals surface area contributed by atoms with E-state index in [1.165, 1.54) is 23.1 Å². The molecule has 0 bridgehead atoms. The molecule has 3 rings (SSSR count). The van der Waals surface area contributed by atoms with Crippen molar-refractivity contribution in [1.82, 2.24) is 15.8 Å². The Morgan fingerprint density at radius 1 is 1.26 bits per heavy atom. The van der Waals surface area contributed by atoms with Gasteiger partial charge in [0.1, 0.15) is 5.69 Å². The number of nitrogens with one attached hydrogen (secondary N) is 2. The fraction of sp³-hybridized carbons (Fsp3) is 0.389. The number of thioether (sulfide) groups is 1. The Hall–Kier alpha value is -2.10. The fourth-order valence-corrected chi connectivity index (χ4v) is 4.13. The van der Waals surface area contributed by atoms with Crippen LogP contribution in [0.1, 0.15) is 23.0 Å². The second-order valence-corrected chi connectivity index (χ2v) is 8.16. The van der Waals surface area contributed by atoms with Crippen LogP contribution in [0.25, 0.3) is 0 Å². The molecule has 0 aliphatic carbocycles. The van der Waals surface area contributed by atoms with E-state index in [2.05, 4.69) is 20.7 Å². The average molecular weight is 407 g/mol. The molecule has 2 N–H and O–H groups in total. The molecule has 0 spiro atoms. The normalized spacial score (nSPS) is 15.2. The molecule has 2 amide bonds. The summed E-state index contributed by atoms with van der Waals surface area (Å²) in [6.07, 6.45) is 0. The second-order valence-electron chi connectivity index (χ2n) is 6.00. The van der Waals surface area contributed by atoms with Gasteiger partial charge in [-0.1, -0.05) is 30.3 Å². The van der Waals surface area contributed by atoms with Crippen molar-refractivity contribution in [3.63, 3.8) is 0 Å². The number of carbonyl (C=O) groups excluding carboxylic acids is 2. The van der Waals surface area contributed by atoms with Crippen LogP contribution in [-0.2, 0) is 15.3 Å². The summed E-state index contributed by atoms with van der Waals surface area (Å²) in [7, 11) is 0. The fourth-order valence-electron chi connectivity index (χ4n) is 2.42. The molecule has 2 heterocycles. The van der Waals surface area contributed by atoms with E-state index in [4.69, 9.17) is 4.74 Å². The van der Waals surface area contributed by atoms with Crippen molar-refractivity contribution in [1.29, 1.82) is 0 Å². The number of aromatic nitrogens is 1. The first-order valence-electron chi connectivity index (χ1n) is 8.67. The predicted octanol–water partition coefficient (Wildman–Crippen LogP) is 2.06. The molecule has 1 aliphatic heterocycles. The maximum Gasteiger partial charge on any atom is 0.289 e. The molecule has 9 heteroatoms. The third kappa shape index (κ3) is 5.69. The highest BCUT2D eigenvalue weighted by molar-refractivity contribution is 7.99. The molecule has 1 saturated heterocycles. The first kappa shape index (κ1) is 19.7. The first-order valence-corrected chi connectivity index (χ1v) is 10.6. The molecular formula is C18H22N4O3S2. The molecule has 0 saturated carbocycles. The highest BCUT2D eigenvalue weighted by Crippen LogP contribution is 2.21. The van der Waals surface area contributed by atoms with Crippen LogP contribution in [0.3, 0.4) is 0 Å². The zero-order valence-corrected chi connectivity index (χ0v) is 16.6. The third-order valence-electron chi connectivity index (χ3n) is 4.02. The van der Waals surface area contributed by atoms with Gasteiger partial charge >= 0.3 is 0 Å². The number of anilines is 1. The lowest BCUT2D eigenvalue weighted by atomic mass is 10.2. The van der Waals surface area contributed by atoms with Gasteiger partial charge in [-0.15, -0.1) is 23.1 Å². The highest BCUT2D eigenvalue weighted by Gasteiger charge is 2.19. The van der Waals surface area contributed by atoms with E-state index in [0.29, 0.717) is 18.9 Å². The SMILES string of the molecule is CC(SCc1ccccc1)C(=O)NNC(=O)c1csc(N2CCOCC2)n1. The van der Waals surface area contributed by atoms with Crippen molar-refractivity contribution in [2.75, 3.05) is 31.2 Å². The zero-order valence-electron chi connectivity index (χ0n) is 15.0. The summed E-state index contributed by atoms with van der Waals surface area (Å²) < 4.78 is 5.32. The number of hydrogen-bond acceptors (Lipinski definition) is 7. The summed E-state index contributed by atoms with van der Waals surface area (Å²) in [5.74, 6) is 0.0746. The zero-order chi connectivity index (χ0) is 19.1. The van der Waals surface area contributed by atoms with Gasteiger partial charge in [-0.2, -0.15) is 0 Å². The van der Waals surface area contributed by atoms with E-state index >= 15 is 0 Å². The number of nitrogens with zero attached hydrogens (tertiary/aromatic N) is 2. The number of hydrogen-bond donors (Lipinski definition) is 2. The number of morpholine rings is 1. The van der Waals surface area contributed by atoms with E-state index in [-0.39, 0.29) is 11.2 Å². The maximum atomic E-state index is 12.2. The molecule has 2 aromatic rings. The van der Waals surface area contributed by atoms with Crippen LogP contribution in [-0.4, -0.2) is 48.4 Å². The van der Waals surface area contributed by atoms with Crippen molar-refractivity contribution in [3.8, 4) is 0 Å². The molecule has 1 atom stereocenters. The van der Waals surface area contributed by atoms with E-state index in [9.17, 15) is 9.59 Å². The Bertz CT molecular complexity index is 763. The van der Waals surface area contributed by atoms with Crippen LogP contribution < -0.4 is 15.8 Å². The summed E-state index contributed by atoms with van der Waals surface area (Å²) in [4.78, 5) is 30.8. The van der Waals surface area contributed by atoms with Gasteiger partial charge in [0.15, 0.2) is 5.13 Å². The van der Waals surface area contributed by atoms with Gasteiger partial charge in [-0.3, -0.25) is 20.4 Å². The van der Waals surface area contributed by atoms with Gasteiger partial charge in [-0.05, 0) is 12.5 Å². The van der Waals surface area contributed by atoms with Gasteiger partial charge in [0.25, 0.3) is 11.8 Å². The number of amides is 2. The number of carbonyl (C=O) groups is 2. The Morgan fingerprint density at radius 2 is 2.00 bits per heavy atom. The van der Waals surface area contributed by atoms with Crippen LogP contribution in [0.15, 0.2) is 35.7 Å². The molecule has 7 nitrogen and oxygen atoms in total. The first-order chi connectivity index (χ1) is 13.1. The van der Waals surface area contributed by atoms with Crippen LogP contribution in [0.4, 0.5) is 5.13 Å². The summed E-state index contributed by atoms with van der Waals surface area (Å²) in [6.45, 7) is 4.67. The van der Waals surface area contributed by atoms with Crippen molar-refractivity contribution in [2.24, 2.45) is 0 Å². The highest BCUT2D eigenvalue weighted by atomic mass is 32.2. The van der Waals surface area contributed by atoms with Gasteiger partial charge in [0.05, 0.1) is 18.5 Å². The lowest BCUT2D eigenvalue weighted by molar-refractivity contribution is -0.121. The lowest BCUT2D eigenvalue weighted by Crippen LogP contribution is -2.45. The van der Waals surface area contributed by atoms with Gasteiger partial charge in [-0.25, -0.2) is 4.98 Å². The Kier molecular flexibility index (Phi) is 7.08. The number of rotatable bonds is 6. The predicted molar refractivity (Wildman–Crippen MR) is 108 cm³/mol. The van der Waals surface area contributed by atoms with Crippen LogP contribution in [0.2, 0.25) is 0 Å². The topological polar surface area (TPSA) is 83.6 Å². The molecule has 144 valence electrons. The number of ether oxygens (including phenoxy) is 1. The van der Waals surface area contributed by atoms with Crippen molar-refractivity contribution < 1.29 is 14.3 Å². The van der Waals surface area contributed by atoms with Gasteiger partial charge < -0.3 is 9.64 Å². The van der Waals surface area contributed by atoms with Crippen LogP contribution >= 0.6 is 23.1 Å². The van der Waals surface area contributed by atoms with E-state index in [1.807, 2.05) is 37.3 Å². The summed E-state index contributed by atoms with van der Waals surface area (Å²) in [5.41, 5.74) is 6.38. The van der Waals surface area contributed by atoms with E-state index in [1.54, 1.807) is 5.38 Å². The third-order valence-corrected chi connectivity index (χ3v) is 6.13. The van der Waals surface area contributed by atoms with Crippen LogP contribution in [0, 0.1) is 0 Å². The summed E-state index contributed by atoms with van der Waals surface area (Å²) in [6, 6.07) is 9.95. The van der Waals surface area contributed by atoms with Gasteiger partial charge in [0.2, 0.25) is 0 Å². The molecule has 27 heavy (non-hydrogen) atoms. The average Bonchev–Trinajstić information content (AvgIpc) is 3.22. The maximum absolute atomic E-state index is 12.2. The molecule has 1 aromatic carbocycles. The molecule has 1 fully saturated rings. The van der Waals surface area contributed by atoms with Crippen molar-refractivity contribution in [3.05, 3.63) is 47.0 Å². The number of hydrazine groups is 1. The van der Waals surface area contributed by atoms with Crippen LogP contribution in [0.5, 0.6) is 0 Å². The Balaban J connectivity index is 1.44. The minimum Gasteiger partial charge on any atom is -0.378 e. The standard InChI is InChI=1S/C18H22N4O3S2/c1-13(26-11-14-5-3-2-4-6-14)16(23)20-21-17(24)15-12-27-18(19-15)22-7-9-25-10-8-22/h2-6,12-13H,7-11H2,1H3,(H,20,23)(H,21,24). The Labute approximate surface area is 166 Å². The molecular weight excluding hydrogens is 384 g/mol. The summed E-state index contributed by atoms with van der Waals surface area (Å²) in [5, 5.41) is 2.20. The molecule has 0 radical (unpaired) electrons. The van der Waals surface area contributed by atoms with E-state index < -0.39 is 5.91 Å². The van der Waals surface area contributed by atoms with E-state index in [0.717, 1.165) is 29.5 Å². The molecule has 1 aliphatic rings. The lowest BCUT2D eigenvalue weighted by Gasteiger charge is -2.25.